The summed E-state index contributed by atoms with van der Waals surface area (Å²) in [6.07, 6.45) is 0.814. The van der Waals surface area contributed by atoms with Crippen LogP contribution in [-0.4, -0.2) is 36.7 Å². The summed E-state index contributed by atoms with van der Waals surface area (Å²) in [5, 5.41) is 12.2. The van der Waals surface area contributed by atoms with E-state index in [0.29, 0.717) is 36.1 Å². The van der Waals surface area contributed by atoms with Crippen molar-refractivity contribution in [2.45, 2.75) is 12.8 Å². The molecule has 1 aromatic rings. The SMILES string of the molecule is O=C(NCC1(C(=O)O)CCOCC1)c1ccc(Br)cc1Br. The van der Waals surface area contributed by atoms with Gasteiger partial charge in [0, 0.05) is 28.7 Å². The van der Waals surface area contributed by atoms with E-state index in [0.717, 1.165) is 4.47 Å². The van der Waals surface area contributed by atoms with Gasteiger partial charge in [-0.25, -0.2) is 0 Å². The largest absolute Gasteiger partial charge is 0.481 e. The first kappa shape index (κ1) is 16.5. The number of hydrogen-bond donors (Lipinski definition) is 2. The number of rotatable bonds is 4. The minimum atomic E-state index is -0.935. The van der Waals surface area contributed by atoms with E-state index in [4.69, 9.17) is 4.74 Å². The van der Waals surface area contributed by atoms with Crippen LogP contribution in [0.4, 0.5) is 0 Å². The molecule has 0 spiro atoms. The van der Waals surface area contributed by atoms with E-state index in [2.05, 4.69) is 37.2 Å². The van der Waals surface area contributed by atoms with E-state index in [9.17, 15) is 14.7 Å². The van der Waals surface area contributed by atoms with Crippen molar-refractivity contribution in [1.82, 2.24) is 5.32 Å². The molecule has 0 atom stereocenters. The molecule has 2 N–H and O–H groups in total. The number of ether oxygens (including phenoxy) is 1. The molecule has 1 aromatic carbocycles. The zero-order valence-corrected chi connectivity index (χ0v) is 14.4. The molecule has 0 bridgehead atoms. The second kappa shape index (κ2) is 6.89. The molecule has 1 heterocycles. The molecule has 1 fully saturated rings. The highest BCUT2D eigenvalue weighted by molar-refractivity contribution is 9.11. The van der Waals surface area contributed by atoms with Crippen LogP contribution in [0.2, 0.25) is 0 Å². The monoisotopic (exact) mass is 419 g/mol. The van der Waals surface area contributed by atoms with Crippen molar-refractivity contribution in [1.29, 1.82) is 0 Å². The lowest BCUT2D eigenvalue weighted by Crippen LogP contribution is -2.46. The topological polar surface area (TPSA) is 75.6 Å². The third-order valence-electron chi connectivity index (χ3n) is 3.67. The third kappa shape index (κ3) is 3.84. The summed E-state index contributed by atoms with van der Waals surface area (Å²) in [6, 6.07) is 5.22. The lowest BCUT2D eigenvalue weighted by Gasteiger charge is -2.33. The number of benzene rings is 1. The first-order valence-corrected chi connectivity index (χ1v) is 8.08. The molecule has 5 nitrogen and oxygen atoms in total. The van der Waals surface area contributed by atoms with E-state index < -0.39 is 11.4 Å². The molecular formula is C14H15Br2NO4. The number of carboxylic acid groups (broad SMARTS) is 1. The number of hydrogen-bond acceptors (Lipinski definition) is 3. The Bertz CT molecular complexity index is 556. The molecule has 1 amide bonds. The summed E-state index contributed by atoms with van der Waals surface area (Å²) in [5.74, 6) is -1.18. The van der Waals surface area contributed by atoms with Gasteiger partial charge in [0.05, 0.1) is 11.0 Å². The maximum Gasteiger partial charge on any atom is 0.311 e. The maximum absolute atomic E-state index is 12.2. The predicted molar refractivity (Wildman–Crippen MR) is 84.3 cm³/mol. The number of carbonyl (C=O) groups excluding carboxylic acids is 1. The summed E-state index contributed by atoms with van der Waals surface area (Å²) < 4.78 is 6.73. The average Bonchev–Trinajstić information content (AvgIpc) is 2.45. The van der Waals surface area contributed by atoms with E-state index >= 15 is 0 Å². The number of halogens is 2. The van der Waals surface area contributed by atoms with Crippen LogP contribution < -0.4 is 5.32 Å². The zero-order valence-electron chi connectivity index (χ0n) is 11.2. The van der Waals surface area contributed by atoms with Crippen LogP contribution >= 0.6 is 31.9 Å². The van der Waals surface area contributed by atoms with E-state index in [-0.39, 0.29) is 12.5 Å². The highest BCUT2D eigenvalue weighted by Gasteiger charge is 2.40. The minimum absolute atomic E-state index is 0.104. The van der Waals surface area contributed by atoms with Crippen LogP contribution in [0.5, 0.6) is 0 Å². The summed E-state index contributed by atoms with van der Waals surface area (Å²) >= 11 is 6.65. The molecule has 1 aliphatic rings. The molecule has 7 heteroatoms. The van der Waals surface area contributed by atoms with Crippen LogP contribution in [0, 0.1) is 5.41 Å². The Morgan fingerprint density at radius 1 is 1.29 bits per heavy atom. The summed E-state index contributed by atoms with van der Waals surface area (Å²) in [6.45, 7) is 0.918. The molecule has 0 unspecified atom stereocenters. The first-order valence-electron chi connectivity index (χ1n) is 6.49. The van der Waals surface area contributed by atoms with Gasteiger partial charge in [0.15, 0.2) is 0 Å². The van der Waals surface area contributed by atoms with Crippen LogP contribution in [0.25, 0.3) is 0 Å². The Morgan fingerprint density at radius 2 is 1.95 bits per heavy atom. The molecule has 0 aliphatic carbocycles. The molecule has 0 radical (unpaired) electrons. The van der Waals surface area contributed by atoms with Crippen molar-refractivity contribution in [3.63, 3.8) is 0 Å². The molecular weight excluding hydrogens is 406 g/mol. The molecule has 0 saturated carbocycles. The van der Waals surface area contributed by atoms with Gasteiger partial charge < -0.3 is 15.2 Å². The number of carbonyl (C=O) groups is 2. The van der Waals surface area contributed by atoms with Crippen LogP contribution in [0.3, 0.4) is 0 Å². The Kier molecular flexibility index (Phi) is 5.40. The Hall–Kier alpha value is -0.920. The third-order valence-corrected chi connectivity index (χ3v) is 4.82. The second-order valence-electron chi connectivity index (χ2n) is 5.00. The van der Waals surface area contributed by atoms with Gasteiger partial charge in [-0.1, -0.05) is 15.9 Å². The van der Waals surface area contributed by atoms with Crippen LogP contribution in [0.15, 0.2) is 27.1 Å². The van der Waals surface area contributed by atoms with Crippen molar-refractivity contribution in [3.8, 4) is 0 Å². The predicted octanol–water partition coefficient (Wildman–Crippen LogP) is 2.82. The Balaban J connectivity index is 2.07. The van der Waals surface area contributed by atoms with Crippen molar-refractivity contribution in [2.24, 2.45) is 5.41 Å². The number of carboxylic acids is 1. The lowest BCUT2D eigenvalue weighted by atomic mass is 9.80. The van der Waals surface area contributed by atoms with Crippen molar-refractivity contribution < 1.29 is 19.4 Å². The lowest BCUT2D eigenvalue weighted by molar-refractivity contribution is -0.154. The maximum atomic E-state index is 12.2. The highest BCUT2D eigenvalue weighted by Crippen LogP contribution is 2.30. The van der Waals surface area contributed by atoms with Gasteiger partial charge in [-0.05, 0) is 47.0 Å². The van der Waals surface area contributed by atoms with Crippen LogP contribution in [-0.2, 0) is 9.53 Å². The van der Waals surface area contributed by atoms with Gasteiger partial charge in [0.2, 0.25) is 0 Å². The molecule has 1 saturated heterocycles. The Morgan fingerprint density at radius 3 is 2.52 bits per heavy atom. The van der Waals surface area contributed by atoms with Gasteiger partial charge in [0.25, 0.3) is 5.91 Å². The molecule has 1 aliphatic heterocycles. The van der Waals surface area contributed by atoms with E-state index in [1.807, 2.05) is 0 Å². The molecule has 114 valence electrons. The van der Waals surface area contributed by atoms with Crippen molar-refractivity contribution in [2.75, 3.05) is 19.8 Å². The summed E-state index contributed by atoms with van der Waals surface area (Å²) in [4.78, 5) is 23.7. The highest BCUT2D eigenvalue weighted by atomic mass is 79.9. The van der Waals surface area contributed by atoms with E-state index in [1.165, 1.54) is 0 Å². The number of nitrogens with one attached hydrogen (secondary N) is 1. The van der Waals surface area contributed by atoms with Gasteiger partial charge in [0.1, 0.15) is 0 Å². The van der Waals surface area contributed by atoms with Gasteiger partial charge in [-0.2, -0.15) is 0 Å². The molecule has 21 heavy (non-hydrogen) atoms. The minimum Gasteiger partial charge on any atom is -0.481 e. The average molecular weight is 421 g/mol. The number of aliphatic carboxylic acids is 1. The summed E-state index contributed by atoms with van der Waals surface area (Å²) in [7, 11) is 0. The van der Waals surface area contributed by atoms with Gasteiger partial charge in [-0.3, -0.25) is 9.59 Å². The smallest absolute Gasteiger partial charge is 0.311 e. The molecule has 2 rings (SSSR count). The molecule has 0 aromatic heterocycles. The zero-order chi connectivity index (χ0) is 15.5. The van der Waals surface area contributed by atoms with Crippen LogP contribution in [0.1, 0.15) is 23.2 Å². The second-order valence-corrected chi connectivity index (χ2v) is 6.77. The first-order chi connectivity index (χ1) is 9.94. The quantitative estimate of drug-likeness (QED) is 0.785. The standard InChI is InChI=1S/C14H15Br2NO4/c15-9-1-2-10(11(16)7-9)12(18)17-8-14(13(19)20)3-5-21-6-4-14/h1-2,7H,3-6,8H2,(H,17,18)(H,19,20). The number of amides is 1. The Labute approximate surface area is 139 Å². The fraction of sp³-hybridized carbons (Fsp3) is 0.429. The van der Waals surface area contributed by atoms with Gasteiger partial charge >= 0.3 is 5.97 Å². The van der Waals surface area contributed by atoms with E-state index in [1.54, 1.807) is 18.2 Å². The fourth-order valence-electron chi connectivity index (χ4n) is 2.25. The van der Waals surface area contributed by atoms with Gasteiger partial charge in [-0.15, -0.1) is 0 Å². The summed E-state index contributed by atoms with van der Waals surface area (Å²) in [5.41, 5.74) is -0.457. The van der Waals surface area contributed by atoms with Crippen molar-refractivity contribution >= 4 is 43.7 Å². The van der Waals surface area contributed by atoms with Crippen molar-refractivity contribution in [3.05, 3.63) is 32.7 Å². The normalized spacial score (nSPS) is 17.2. The fourth-order valence-corrected chi connectivity index (χ4v) is 3.47.